The zero-order chi connectivity index (χ0) is 15.3. The van der Waals surface area contributed by atoms with E-state index in [1.165, 1.54) is 7.11 Å². The molecule has 0 aliphatic carbocycles. The van der Waals surface area contributed by atoms with Gasteiger partial charge in [-0.05, 0) is 6.42 Å². The molecule has 116 valence electrons. The molecule has 1 unspecified atom stereocenters. The van der Waals surface area contributed by atoms with Crippen LogP contribution in [0.3, 0.4) is 0 Å². The van der Waals surface area contributed by atoms with E-state index < -0.39 is 6.10 Å². The molecule has 2 N–H and O–H groups in total. The second kappa shape index (κ2) is 12.3. The number of methoxy groups -OCH3 is 1. The number of ether oxygens (including phenoxy) is 2. The summed E-state index contributed by atoms with van der Waals surface area (Å²) in [4.78, 5) is 10.9. The number of esters is 1. The molecule has 6 nitrogen and oxygen atoms in total. The fourth-order valence-electron chi connectivity index (χ4n) is 0.955. The summed E-state index contributed by atoms with van der Waals surface area (Å²) < 4.78 is 10.3. The van der Waals surface area contributed by atoms with Gasteiger partial charge in [0, 0.05) is 13.5 Å². The molecule has 0 saturated heterocycles. The van der Waals surface area contributed by atoms with E-state index in [0.717, 1.165) is 17.4 Å². The van der Waals surface area contributed by atoms with Crippen molar-refractivity contribution in [2.45, 2.75) is 25.9 Å². The van der Waals surface area contributed by atoms with Crippen LogP contribution >= 0.6 is 0 Å². The quantitative estimate of drug-likeness (QED) is 0.484. The largest absolute Gasteiger partial charge is 0.460 e. The van der Waals surface area contributed by atoms with E-state index in [1.54, 1.807) is 0 Å². The first-order chi connectivity index (χ1) is 8.76. The minimum Gasteiger partial charge on any atom is -0.460 e. The number of hydrogen-bond donors (Lipinski definition) is 2. The molecule has 0 spiro atoms. The summed E-state index contributed by atoms with van der Waals surface area (Å²) in [6.07, 6.45) is 0.686. The van der Waals surface area contributed by atoms with Crippen LogP contribution in [0.4, 0.5) is 0 Å². The Balaban J connectivity index is 0. The highest BCUT2D eigenvalue weighted by atomic mass is 16.5. The number of aliphatic hydroxyl groups is 2. The summed E-state index contributed by atoms with van der Waals surface area (Å²) in [7, 11) is 7.70. The molecule has 0 bridgehead atoms. The van der Waals surface area contributed by atoms with Gasteiger partial charge in [0.1, 0.15) is 19.3 Å². The Morgan fingerprint density at radius 1 is 1.32 bits per heavy atom. The van der Waals surface area contributed by atoms with Gasteiger partial charge in [-0.15, -0.1) is 0 Å². The van der Waals surface area contributed by atoms with Crippen molar-refractivity contribution in [3.8, 4) is 0 Å². The molecule has 6 heteroatoms. The Bertz CT molecular complexity index is 216. The van der Waals surface area contributed by atoms with Gasteiger partial charge in [-0.3, -0.25) is 4.79 Å². The highest BCUT2D eigenvalue weighted by Crippen LogP contribution is 1.93. The summed E-state index contributed by atoms with van der Waals surface area (Å²) in [5, 5.41) is 16.6. The smallest absolute Gasteiger partial charge is 0.305 e. The first-order valence-corrected chi connectivity index (χ1v) is 6.50. The maximum atomic E-state index is 10.9. The molecule has 0 fully saturated rings. The predicted molar refractivity (Wildman–Crippen MR) is 73.7 cm³/mol. The lowest BCUT2D eigenvalue weighted by molar-refractivity contribution is -0.870. The van der Waals surface area contributed by atoms with E-state index in [0.29, 0.717) is 13.0 Å². The van der Waals surface area contributed by atoms with E-state index in [1.807, 2.05) is 6.92 Å². The number of carbonyl (C=O) groups is 1. The predicted octanol–water partition coefficient (Wildman–Crippen LogP) is 0.0219. The second-order valence-electron chi connectivity index (χ2n) is 5.28. The van der Waals surface area contributed by atoms with Crippen LogP contribution in [-0.2, 0) is 14.3 Å². The highest BCUT2D eigenvalue weighted by Gasteiger charge is 2.08. The van der Waals surface area contributed by atoms with Crippen molar-refractivity contribution in [1.29, 1.82) is 0 Å². The Hall–Kier alpha value is -0.690. The van der Waals surface area contributed by atoms with E-state index in [4.69, 9.17) is 14.9 Å². The Labute approximate surface area is 116 Å². The fourth-order valence-corrected chi connectivity index (χ4v) is 0.955. The third-order valence-electron chi connectivity index (χ3n) is 2.05. The van der Waals surface area contributed by atoms with Crippen molar-refractivity contribution in [3.63, 3.8) is 0 Å². The fraction of sp³-hybridized carbons (Fsp3) is 0.923. The average Bonchev–Trinajstić information content (AvgIpc) is 2.28. The molecular weight excluding hydrogens is 250 g/mol. The highest BCUT2D eigenvalue weighted by molar-refractivity contribution is 5.69. The van der Waals surface area contributed by atoms with Crippen molar-refractivity contribution in [2.24, 2.45) is 0 Å². The number of aliphatic hydroxyl groups excluding tert-OH is 2. The van der Waals surface area contributed by atoms with Crippen molar-refractivity contribution in [3.05, 3.63) is 0 Å². The number of hydrogen-bond acceptors (Lipinski definition) is 5. The summed E-state index contributed by atoms with van der Waals surface area (Å²) in [5.74, 6) is -0.0778. The monoisotopic (exact) mass is 280 g/mol. The molecule has 19 heavy (non-hydrogen) atoms. The molecule has 0 amide bonds. The zero-order valence-electron chi connectivity index (χ0n) is 12.9. The number of likely N-dealkylation sites (N-methyl/N-ethyl adjacent to an activating group) is 1. The van der Waals surface area contributed by atoms with Gasteiger partial charge < -0.3 is 24.2 Å². The van der Waals surface area contributed by atoms with Gasteiger partial charge in [-0.25, -0.2) is 0 Å². The lowest BCUT2D eigenvalue weighted by Crippen LogP contribution is -2.37. The summed E-state index contributed by atoms with van der Waals surface area (Å²) in [5.41, 5.74) is 0. The Kier molecular flexibility index (Phi) is 13.4. The molecule has 0 aromatic carbocycles. The first kappa shape index (κ1) is 20.6. The Morgan fingerprint density at radius 2 is 1.89 bits per heavy atom. The number of carbonyl (C=O) groups excluding carboxylic acids is 1. The van der Waals surface area contributed by atoms with Gasteiger partial charge in [0.2, 0.25) is 0 Å². The van der Waals surface area contributed by atoms with Crippen LogP contribution in [0.25, 0.3) is 0 Å². The standard InChI is InChI=1S/C9H20NO2.C4H10O3/c1-5-6-9(11)12-8-7-10(2,3)4;1-7-3-4(6)2-5/h5-8H2,1-4H3;4-6H,2-3H2,1H3/q+1;. The molecule has 0 aromatic rings. The molecule has 0 aromatic heterocycles. The van der Waals surface area contributed by atoms with Crippen LogP contribution < -0.4 is 0 Å². The number of quaternary nitrogens is 1. The van der Waals surface area contributed by atoms with E-state index >= 15 is 0 Å². The molecule has 0 aliphatic heterocycles. The number of rotatable bonds is 8. The van der Waals surface area contributed by atoms with Gasteiger partial charge in [-0.1, -0.05) is 6.92 Å². The van der Waals surface area contributed by atoms with Crippen LogP contribution in [0, 0.1) is 0 Å². The second-order valence-corrected chi connectivity index (χ2v) is 5.28. The van der Waals surface area contributed by atoms with Crippen molar-refractivity contribution in [1.82, 2.24) is 0 Å². The lowest BCUT2D eigenvalue weighted by atomic mass is 10.3. The van der Waals surface area contributed by atoms with Crippen molar-refractivity contribution < 1.29 is 29.0 Å². The van der Waals surface area contributed by atoms with Gasteiger partial charge in [-0.2, -0.15) is 0 Å². The maximum Gasteiger partial charge on any atom is 0.305 e. The topological polar surface area (TPSA) is 76.0 Å². The van der Waals surface area contributed by atoms with Gasteiger partial charge in [0.25, 0.3) is 0 Å². The van der Waals surface area contributed by atoms with Crippen LogP contribution in [0.5, 0.6) is 0 Å². The first-order valence-electron chi connectivity index (χ1n) is 6.50. The van der Waals surface area contributed by atoms with Gasteiger partial charge >= 0.3 is 5.97 Å². The molecule has 0 rings (SSSR count). The van der Waals surface area contributed by atoms with Crippen LogP contribution in [0.2, 0.25) is 0 Å². The molecule has 0 saturated carbocycles. The summed E-state index contributed by atoms with van der Waals surface area (Å²) in [6.45, 7) is 3.35. The molecule has 1 atom stereocenters. The minimum atomic E-state index is -0.718. The molecular formula is C13H30NO5+. The number of nitrogens with zero attached hydrogens (tertiary/aromatic N) is 1. The maximum absolute atomic E-state index is 10.9. The minimum absolute atomic E-state index is 0.0778. The van der Waals surface area contributed by atoms with E-state index in [-0.39, 0.29) is 19.2 Å². The van der Waals surface area contributed by atoms with Crippen LogP contribution in [0.15, 0.2) is 0 Å². The lowest BCUT2D eigenvalue weighted by Gasteiger charge is -2.23. The van der Waals surface area contributed by atoms with E-state index in [9.17, 15) is 4.79 Å². The third kappa shape index (κ3) is 19.8. The summed E-state index contributed by atoms with van der Waals surface area (Å²) in [6, 6.07) is 0. The van der Waals surface area contributed by atoms with Crippen LogP contribution in [-0.4, -0.2) is 81.4 Å². The van der Waals surface area contributed by atoms with Crippen LogP contribution in [0.1, 0.15) is 19.8 Å². The third-order valence-corrected chi connectivity index (χ3v) is 2.05. The van der Waals surface area contributed by atoms with Gasteiger partial charge in [0.15, 0.2) is 0 Å². The summed E-state index contributed by atoms with van der Waals surface area (Å²) >= 11 is 0. The van der Waals surface area contributed by atoms with Gasteiger partial charge in [0.05, 0.1) is 34.4 Å². The van der Waals surface area contributed by atoms with Crippen molar-refractivity contribution >= 4 is 5.97 Å². The normalized spacial score (nSPS) is 12.4. The Morgan fingerprint density at radius 3 is 2.21 bits per heavy atom. The molecule has 0 radical (unpaired) electrons. The molecule has 0 aliphatic rings. The average molecular weight is 280 g/mol. The SMILES string of the molecule is CCCC(=O)OCC[N+](C)(C)C.COCC(O)CO. The molecule has 0 heterocycles. The zero-order valence-corrected chi connectivity index (χ0v) is 12.9. The van der Waals surface area contributed by atoms with Crippen molar-refractivity contribution in [2.75, 3.05) is 54.6 Å². The van der Waals surface area contributed by atoms with E-state index in [2.05, 4.69) is 25.9 Å².